The van der Waals surface area contributed by atoms with Gasteiger partial charge in [-0.25, -0.2) is 8.78 Å². The Morgan fingerprint density at radius 3 is 2.60 bits per heavy atom. The summed E-state index contributed by atoms with van der Waals surface area (Å²) in [7, 11) is 1.45. The summed E-state index contributed by atoms with van der Waals surface area (Å²) < 4.78 is 36.5. The lowest BCUT2D eigenvalue weighted by Crippen LogP contribution is -2.01. The van der Waals surface area contributed by atoms with Crippen molar-refractivity contribution in [3.05, 3.63) is 59.2 Å². The summed E-state index contributed by atoms with van der Waals surface area (Å²) in [6, 6.07) is 8.37. The number of rotatable bonds is 5. The number of carbonyl (C=O) groups is 1. The van der Waals surface area contributed by atoms with Crippen LogP contribution in [-0.2, 0) is 6.61 Å². The third-order valence-corrected chi connectivity index (χ3v) is 2.72. The molecule has 0 saturated heterocycles. The van der Waals surface area contributed by atoms with E-state index in [1.54, 1.807) is 18.2 Å². The minimum absolute atomic E-state index is 0.00157. The van der Waals surface area contributed by atoms with Crippen molar-refractivity contribution in [2.75, 3.05) is 7.11 Å². The van der Waals surface area contributed by atoms with Gasteiger partial charge in [0.2, 0.25) is 0 Å². The summed E-state index contributed by atoms with van der Waals surface area (Å²) in [5.74, 6) is -1.19. The average Bonchev–Trinajstić information content (AvgIpc) is 2.48. The van der Waals surface area contributed by atoms with E-state index < -0.39 is 11.6 Å². The molecule has 20 heavy (non-hydrogen) atoms. The van der Waals surface area contributed by atoms with Crippen molar-refractivity contribution in [2.24, 2.45) is 0 Å². The molecule has 5 heteroatoms. The molecule has 0 bridgehead atoms. The van der Waals surface area contributed by atoms with Crippen LogP contribution in [0, 0.1) is 11.6 Å². The molecule has 2 aromatic carbocycles. The number of aldehydes is 1. The van der Waals surface area contributed by atoms with E-state index in [0.29, 0.717) is 23.2 Å². The van der Waals surface area contributed by atoms with Gasteiger partial charge in [-0.15, -0.1) is 0 Å². The fourth-order valence-corrected chi connectivity index (χ4v) is 1.73. The van der Waals surface area contributed by atoms with Gasteiger partial charge in [0.25, 0.3) is 0 Å². The largest absolute Gasteiger partial charge is 0.493 e. The van der Waals surface area contributed by atoms with Gasteiger partial charge in [-0.2, -0.15) is 0 Å². The lowest BCUT2D eigenvalue weighted by Gasteiger charge is -2.12. The molecule has 3 nitrogen and oxygen atoms in total. The third kappa shape index (κ3) is 2.93. The summed E-state index contributed by atoms with van der Waals surface area (Å²) in [5, 5.41) is 0. The highest BCUT2D eigenvalue weighted by Crippen LogP contribution is 2.30. The molecule has 0 aliphatic rings. The van der Waals surface area contributed by atoms with E-state index >= 15 is 0 Å². The van der Waals surface area contributed by atoms with E-state index in [-0.39, 0.29) is 12.4 Å². The highest BCUT2D eigenvalue weighted by molar-refractivity contribution is 5.81. The number of benzene rings is 2. The molecule has 0 aliphatic heterocycles. The summed E-state index contributed by atoms with van der Waals surface area (Å²) in [6.07, 6.45) is 0.642. The number of halogens is 2. The second-order valence-electron chi connectivity index (χ2n) is 4.03. The summed E-state index contributed by atoms with van der Waals surface area (Å²) >= 11 is 0. The van der Waals surface area contributed by atoms with Crippen LogP contribution in [0.3, 0.4) is 0 Å². The van der Waals surface area contributed by atoms with Crippen molar-refractivity contribution in [3.63, 3.8) is 0 Å². The lowest BCUT2D eigenvalue weighted by atomic mass is 10.2. The summed E-state index contributed by atoms with van der Waals surface area (Å²) in [6.45, 7) is -0.00157. The van der Waals surface area contributed by atoms with E-state index in [4.69, 9.17) is 9.47 Å². The topological polar surface area (TPSA) is 35.5 Å². The minimum atomic E-state index is -0.943. The van der Waals surface area contributed by atoms with Crippen LogP contribution in [-0.4, -0.2) is 13.4 Å². The van der Waals surface area contributed by atoms with Crippen molar-refractivity contribution >= 4 is 6.29 Å². The maximum Gasteiger partial charge on any atom is 0.172 e. The number of para-hydroxylation sites is 1. The van der Waals surface area contributed by atoms with Crippen LogP contribution < -0.4 is 9.47 Å². The van der Waals surface area contributed by atoms with E-state index in [1.165, 1.54) is 13.2 Å². The average molecular weight is 278 g/mol. The smallest absolute Gasteiger partial charge is 0.172 e. The van der Waals surface area contributed by atoms with Crippen LogP contribution in [0.25, 0.3) is 0 Å². The molecular formula is C15H12F2O3. The van der Waals surface area contributed by atoms with Gasteiger partial charge in [0.1, 0.15) is 6.61 Å². The van der Waals surface area contributed by atoms with Gasteiger partial charge < -0.3 is 9.47 Å². The van der Waals surface area contributed by atoms with Crippen LogP contribution >= 0.6 is 0 Å². The van der Waals surface area contributed by atoms with E-state index in [0.717, 1.165) is 12.1 Å². The molecule has 104 valence electrons. The zero-order valence-corrected chi connectivity index (χ0v) is 10.7. The van der Waals surface area contributed by atoms with E-state index in [1.807, 2.05) is 0 Å². The Hall–Kier alpha value is -2.43. The SMILES string of the molecule is COc1cccc(C=O)c1OCc1ccc(F)c(F)c1. The maximum absolute atomic E-state index is 13.1. The van der Waals surface area contributed by atoms with Crippen molar-refractivity contribution in [1.82, 2.24) is 0 Å². The maximum atomic E-state index is 13.1. The van der Waals surface area contributed by atoms with Crippen LogP contribution in [0.1, 0.15) is 15.9 Å². The summed E-state index contributed by atoms with van der Waals surface area (Å²) in [5.41, 5.74) is 0.776. The fraction of sp³-hybridized carbons (Fsp3) is 0.133. The molecule has 0 radical (unpaired) electrons. The molecule has 0 fully saturated rings. The molecule has 0 saturated carbocycles. The molecule has 0 N–H and O–H groups in total. The normalized spacial score (nSPS) is 10.2. The third-order valence-electron chi connectivity index (χ3n) is 2.72. The van der Waals surface area contributed by atoms with Gasteiger partial charge in [-0.05, 0) is 29.8 Å². The van der Waals surface area contributed by atoms with E-state index in [2.05, 4.69) is 0 Å². The molecule has 2 rings (SSSR count). The van der Waals surface area contributed by atoms with Gasteiger partial charge in [-0.1, -0.05) is 12.1 Å². The quantitative estimate of drug-likeness (QED) is 0.787. The Labute approximate surface area is 114 Å². The Bertz CT molecular complexity index is 627. The fourth-order valence-electron chi connectivity index (χ4n) is 1.73. The van der Waals surface area contributed by atoms with Gasteiger partial charge in [0.05, 0.1) is 12.7 Å². The highest BCUT2D eigenvalue weighted by Gasteiger charge is 2.11. The molecule has 2 aromatic rings. The number of carbonyl (C=O) groups excluding carboxylic acids is 1. The van der Waals surface area contributed by atoms with Crippen molar-refractivity contribution in [1.29, 1.82) is 0 Å². The van der Waals surface area contributed by atoms with Crippen molar-refractivity contribution in [2.45, 2.75) is 6.61 Å². The Morgan fingerprint density at radius 1 is 1.15 bits per heavy atom. The zero-order valence-electron chi connectivity index (χ0n) is 10.7. The molecule has 0 atom stereocenters. The number of ether oxygens (including phenoxy) is 2. The van der Waals surface area contributed by atoms with Crippen molar-refractivity contribution in [3.8, 4) is 11.5 Å². The first kappa shape index (κ1) is 14.0. The molecular weight excluding hydrogens is 266 g/mol. The Kier molecular flexibility index (Phi) is 4.30. The molecule has 0 spiro atoms. The van der Waals surface area contributed by atoms with Gasteiger partial charge >= 0.3 is 0 Å². The first-order valence-corrected chi connectivity index (χ1v) is 5.84. The van der Waals surface area contributed by atoms with Crippen LogP contribution in [0.15, 0.2) is 36.4 Å². The number of hydrogen-bond donors (Lipinski definition) is 0. The van der Waals surface area contributed by atoms with Crippen LogP contribution in [0.2, 0.25) is 0 Å². The second-order valence-corrected chi connectivity index (χ2v) is 4.03. The van der Waals surface area contributed by atoms with Crippen molar-refractivity contribution < 1.29 is 23.0 Å². The first-order valence-electron chi connectivity index (χ1n) is 5.84. The zero-order chi connectivity index (χ0) is 14.5. The molecule has 0 aromatic heterocycles. The van der Waals surface area contributed by atoms with Gasteiger partial charge in [0.15, 0.2) is 29.4 Å². The number of hydrogen-bond acceptors (Lipinski definition) is 3. The highest BCUT2D eigenvalue weighted by atomic mass is 19.2. The predicted octanol–water partition coefficient (Wildman–Crippen LogP) is 3.36. The lowest BCUT2D eigenvalue weighted by molar-refractivity contribution is 0.111. The predicted molar refractivity (Wildman–Crippen MR) is 69.1 cm³/mol. The first-order chi connectivity index (χ1) is 9.65. The standard InChI is InChI=1S/C15H12F2O3/c1-19-14-4-2-3-11(8-18)15(14)20-9-10-5-6-12(16)13(17)7-10/h2-8H,9H2,1H3. The Balaban J connectivity index is 2.21. The van der Waals surface area contributed by atoms with E-state index in [9.17, 15) is 13.6 Å². The Morgan fingerprint density at radius 2 is 1.95 bits per heavy atom. The summed E-state index contributed by atoms with van der Waals surface area (Å²) in [4.78, 5) is 11.0. The van der Waals surface area contributed by atoms with Gasteiger partial charge in [0, 0.05) is 0 Å². The van der Waals surface area contributed by atoms with Gasteiger partial charge in [-0.3, -0.25) is 4.79 Å². The second kappa shape index (κ2) is 6.14. The monoisotopic (exact) mass is 278 g/mol. The molecule has 0 heterocycles. The molecule has 0 amide bonds. The van der Waals surface area contributed by atoms with Crippen LogP contribution in [0.5, 0.6) is 11.5 Å². The minimum Gasteiger partial charge on any atom is -0.493 e. The molecule has 0 aliphatic carbocycles. The number of methoxy groups -OCH3 is 1. The molecule has 0 unspecified atom stereocenters. The van der Waals surface area contributed by atoms with Crippen LogP contribution in [0.4, 0.5) is 8.78 Å².